The first-order valence-corrected chi connectivity index (χ1v) is 10.2. The number of fused-ring (bicyclic) bond motifs is 5. The Morgan fingerprint density at radius 1 is 1.27 bits per heavy atom. The number of carbonyl (C=O) groups excluding carboxylic acids is 1. The standard InChI is InChI=1S/C18H24N6OS/c1-4-23(5-2)10-9-19-17(25)15-21-16-14-12-7-6-8-13(12)26-18(14)20-11(3)24(16)22-15/h4-10H2,1-3H3,(H,19,25)/p+1. The molecule has 26 heavy (non-hydrogen) atoms. The highest BCUT2D eigenvalue weighted by Crippen LogP contribution is 2.38. The lowest BCUT2D eigenvalue weighted by molar-refractivity contribution is -0.895. The van der Waals surface area contributed by atoms with Crippen LogP contribution in [-0.4, -0.2) is 51.7 Å². The number of amides is 1. The van der Waals surface area contributed by atoms with Crippen molar-refractivity contribution in [2.24, 2.45) is 0 Å². The summed E-state index contributed by atoms with van der Waals surface area (Å²) in [5.41, 5.74) is 2.12. The molecule has 2 N–H and O–H groups in total. The number of quaternary nitrogens is 1. The molecule has 0 fully saturated rings. The van der Waals surface area contributed by atoms with Gasteiger partial charge in [-0.25, -0.2) is 9.97 Å². The van der Waals surface area contributed by atoms with E-state index in [9.17, 15) is 4.79 Å². The van der Waals surface area contributed by atoms with Gasteiger partial charge in [0.15, 0.2) is 5.65 Å². The molecular formula is C18H25N6OS+. The SMILES string of the molecule is CC[NH+](CC)CCNC(=O)c1nc2c3c4c(sc3nc(C)n2n1)CCC4. The number of aromatic nitrogens is 4. The molecule has 1 amide bonds. The van der Waals surface area contributed by atoms with Gasteiger partial charge in [0.05, 0.1) is 31.6 Å². The number of carbonyl (C=O) groups is 1. The van der Waals surface area contributed by atoms with E-state index in [1.165, 1.54) is 21.8 Å². The molecule has 138 valence electrons. The van der Waals surface area contributed by atoms with Gasteiger partial charge in [0.25, 0.3) is 5.91 Å². The van der Waals surface area contributed by atoms with Crippen LogP contribution in [0.5, 0.6) is 0 Å². The lowest BCUT2D eigenvalue weighted by atomic mass is 10.2. The minimum atomic E-state index is -0.209. The second-order valence-corrected chi connectivity index (χ2v) is 7.91. The summed E-state index contributed by atoms with van der Waals surface area (Å²) in [6.07, 6.45) is 3.37. The molecule has 0 radical (unpaired) electrons. The molecular weight excluding hydrogens is 348 g/mol. The first kappa shape index (κ1) is 17.4. The third kappa shape index (κ3) is 2.87. The van der Waals surface area contributed by atoms with Crippen LogP contribution in [0.4, 0.5) is 0 Å². The maximum absolute atomic E-state index is 12.5. The minimum Gasteiger partial charge on any atom is -0.344 e. The van der Waals surface area contributed by atoms with Gasteiger partial charge in [-0.1, -0.05) is 0 Å². The Morgan fingerprint density at radius 2 is 2.08 bits per heavy atom. The maximum atomic E-state index is 12.5. The predicted octanol–water partition coefficient (Wildman–Crippen LogP) is 0.791. The zero-order chi connectivity index (χ0) is 18.3. The summed E-state index contributed by atoms with van der Waals surface area (Å²) in [6, 6.07) is 0. The summed E-state index contributed by atoms with van der Waals surface area (Å²) in [6.45, 7) is 9.89. The number of thiophene rings is 1. The van der Waals surface area contributed by atoms with Crippen LogP contribution < -0.4 is 10.2 Å². The van der Waals surface area contributed by atoms with E-state index >= 15 is 0 Å². The molecule has 0 atom stereocenters. The van der Waals surface area contributed by atoms with Gasteiger partial charge < -0.3 is 10.2 Å². The van der Waals surface area contributed by atoms with Crippen LogP contribution in [0.2, 0.25) is 0 Å². The summed E-state index contributed by atoms with van der Waals surface area (Å²) >= 11 is 1.76. The largest absolute Gasteiger partial charge is 0.344 e. The Balaban J connectivity index is 1.64. The van der Waals surface area contributed by atoms with Crippen molar-refractivity contribution < 1.29 is 9.69 Å². The highest BCUT2D eigenvalue weighted by atomic mass is 32.1. The lowest BCUT2D eigenvalue weighted by Crippen LogP contribution is -3.12. The van der Waals surface area contributed by atoms with Gasteiger partial charge in [0.1, 0.15) is 10.7 Å². The normalized spacial score (nSPS) is 13.8. The topological polar surface area (TPSA) is 76.6 Å². The van der Waals surface area contributed by atoms with Gasteiger partial charge in [0, 0.05) is 4.88 Å². The van der Waals surface area contributed by atoms with E-state index in [2.05, 4.69) is 29.2 Å². The molecule has 7 nitrogen and oxygen atoms in total. The average molecular weight is 374 g/mol. The highest BCUT2D eigenvalue weighted by Gasteiger charge is 2.24. The van der Waals surface area contributed by atoms with Crippen molar-refractivity contribution in [3.63, 3.8) is 0 Å². The zero-order valence-electron chi connectivity index (χ0n) is 15.6. The molecule has 0 spiro atoms. The molecule has 0 saturated heterocycles. The molecule has 0 aromatic carbocycles. The van der Waals surface area contributed by atoms with Gasteiger partial charge in [0.2, 0.25) is 5.82 Å². The first-order chi connectivity index (χ1) is 12.6. The van der Waals surface area contributed by atoms with Crippen LogP contribution in [-0.2, 0) is 12.8 Å². The fourth-order valence-electron chi connectivity index (χ4n) is 3.72. The molecule has 3 aromatic heterocycles. The molecule has 0 aliphatic heterocycles. The molecule has 8 heteroatoms. The molecule has 0 unspecified atom stereocenters. The Labute approximate surface area is 156 Å². The Morgan fingerprint density at radius 3 is 2.85 bits per heavy atom. The van der Waals surface area contributed by atoms with Gasteiger partial charge in [-0.05, 0) is 45.6 Å². The number of hydrogen-bond donors (Lipinski definition) is 2. The predicted molar refractivity (Wildman–Crippen MR) is 102 cm³/mol. The van der Waals surface area contributed by atoms with Crippen LogP contribution in [0.3, 0.4) is 0 Å². The van der Waals surface area contributed by atoms with Crippen LogP contribution in [0.15, 0.2) is 0 Å². The summed E-state index contributed by atoms with van der Waals surface area (Å²) in [5.74, 6) is 0.793. The van der Waals surface area contributed by atoms with E-state index in [-0.39, 0.29) is 11.7 Å². The lowest BCUT2D eigenvalue weighted by Gasteiger charge is -2.14. The van der Waals surface area contributed by atoms with Crippen molar-refractivity contribution >= 4 is 33.1 Å². The van der Waals surface area contributed by atoms with E-state index in [1.54, 1.807) is 15.9 Å². The maximum Gasteiger partial charge on any atom is 0.291 e. The molecule has 3 aromatic rings. The van der Waals surface area contributed by atoms with E-state index in [1.807, 2.05) is 6.92 Å². The van der Waals surface area contributed by atoms with Gasteiger partial charge >= 0.3 is 0 Å². The van der Waals surface area contributed by atoms with E-state index < -0.39 is 0 Å². The molecule has 3 heterocycles. The number of nitrogens with one attached hydrogen (secondary N) is 2. The van der Waals surface area contributed by atoms with Crippen molar-refractivity contribution in [2.75, 3.05) is 26.2 Å². The number of hydrogen-bond acceptors (Lipinski definition) is 5. The van der Waals surface area contributed by atoms with Gasteiger partial charge in [-0.3, -0.25) is 4.79 Å². The van der Waals surface area contributed by atoms with Crippen LogP contribution >= 0.6 is 11.3 Å². The third-order valence-electron chi connectivity index (χ3n) is 5.27. The van der Waals surface area contributed by atoms with Gasteiger partial charge in [-0.2, -0.15) is 4.52 Å². The Hall–Kier alpha value is -2.06. The summed E-state index contributed by atoms with van der Waals surface area (Å²) < 4.78 is 1.72. The molecule has 1 aliphatic carbocycles. The highest BCUT2D eigenvalue weighted by molar-refractivity contribution is 7.19. The monoisotopic (exact) mass is 373 g/mol. The quantitative estimate of drug-likeness (QED) is 0.670. The second kappa shape index (κ2) is 6.92. The van der Waals surface area contributed by atoms with Crippen molar-refractivity contribution in [1.82, 2.24) is 24.9 Å². The minimum absolute atomic E-state index is 0.209. The fourth-order valence-corrected chi connectivity index (χ4v) is 5.03. The van der Waals surface area contributed by atoms with Crippen molar-refractivity contribution in [1.29, 1.82) is 0 Å². The third-order valence-corrected chi connectivity index (χ3v) is 6.46. The number of likely N-dealkylation sites (N-methyl/N-ethyl adjacent to an activating group) is 1. The number of nitrogens with zero attached hydrogens (tertiary/aromatic N) is 4. The Bertz CT molecular complexity index is 971. The van der Waals surface area contributed by atoms with E-state index in [0.717, 1.165) is 54.2 Å². The molecule has 0 bridgehead atoms. The Kier molecular flexibility index (Phi) is 4.62. The fraction of sp³-hybridized carbons (Fsp3) is 0.556. The summed E-state index contributed by atoms with van der Waals surface area (Å²) in [4.78, 5) is 25.7. The molecule has 0 saturated carbocycles. The number of aryl methyl sites for hydroxylation is 3. The molecule has 4 rings (SSSR count). The number of rotatable bonds is 6. The summed E-state index contributed by atoms with van der Waals surface area (Å²) in [5, 5.41) is 8.48. The average Bonchev–Trinajstić information content (AvgIpc) is 3.32. The van der Waals surface area contributed by atoms with Crippen molar-refractivity contribution in [2.45, 2.75) is 40.0 Å². The van der Waals surface area contributed by atoms with Crippen LogP contribution in [0, 0.1) is 6.92 Å². The molecule has 1 aliphatic rings. The van der Waals surface area contributed by atoms with Crippen LogP contribution in [0.25, 0.3) is 15.9 Å². The zero-order valence-corrected chi connectivity index (χ0v) is 16.4. The van der Waals surface area contributed by atoms with E-state index in [0.29, 0.717) is 6.54 Å². The smallest absolute Gasteiger partial charge is 0.291 e. The first-order valence-electron chi connectivity index (χ1n) is 9.41. The van der Waals surface area contributed by atoms with Crippen molar-refractivity contribution in [3.8, 4) is 0 Å². The second-order valence-electron chi connectivity index (χ2n) is 6.83. The summed E-state index contributed by atoms with van der Waals surface area (Å²) in [7, 11) is 0. The van der Waals surface area contributed by atoms with E-state index in [4.69, 9.17) is 4.98 Å². The van der Waals surface area contributed by atoms with Crippen LogP contribution in [0.1, 0.15) is 47.2 Å². The van der Waals surface area contributed by atoms with Gasteiger partial charge in [-0.15, -0.1) is 16.4 Å². The van der Waals surface area contributed by atoms with Crippen molar-refractivity contribution in [3.05, 3.63) is 22.1 Å².